The highest BCUT2D eigenvalue weighted by molar-refractivity contribution is 5.72. The van der Waals surface area contributed by atoms with Crippen LogP contribution in [-0.4, -0.2) is 18.2 Å². The number of aryl methyl sites for hydroxylation is 2. The highest BCUT2D eigenvalue weighted by atomic mass is 16.5. The third-order valence-electron chi connectivity index (χ3n) is 2.49. The van der Waals surface area contributed by atoms with Crippen LogP contribution < -0.4 is 0 Å². The Labute approximate surface area is 89.7 Å². The SMILES string of the molecule is COC(=O)Cc1cc(C)c(CO)c(C)c1. The minimum Gasteiger partial charge on any atom is -0.469 e. The van der Waals surface area contributed by atoms with Crippen LogP contribution >= 0.6 is 0 Å². The van der Waals surface area contributed by atoms with E-state index < -0.39 is 0 Å². The van der Waals surface area contributed by atoms with E-state index in [0.717, 1.165) is 22.3 Å². The van der Waals surface area contributed by atoms with Crippen molar-refractivity contribution in [3.05, 3.63) is 34.4 Å². The van der Waals surface area contributed by atoms with Gasteiger partial charge in [0, 0.05) is 0 Å². The smallest absolute Gasteiger partial charge is 0.309 e. The maximum atomic E-state index is 11.1. The monoisotopic (exact) mass is 208 g/mol. The number of hydrogen-bond donors (Lipinski definition) is 1. The molecule has 0 spiro atoms. The molecule has 1 aromatic rings. The van der Waals surface area contributed by atoms with Gasteiger partial charge in [0.25, 0.3) is 0 Å². The predicted octanol–water partition coefficient (Wildman–Crippen LogP) is 1.51. The van der Waals surface area contributed by atoms with Gasteiger partial charge in [0.1, 0.15) is 0 Å². The number of carbonyl (C=O) groups excluding carboxylic acids is 1. The summed E-state index contributed by atoms with van der Waals surface area (Å²) in [5, 5.41) is 9.13. The van der Waals surface area contributed by atoms with Crippen LogP contribution in [0.3, 0.4) is 0 Å². The second-order valence-corrected chi connectivity index (χ2v) is 3.62. The quantitative estimate of drug-likeness (QED) is 0.766. The first-order valence-electron chi connectivity index (χ1n) is 4.85. The van der Waals surface area contributed by atoms with Crippen LogP contribution in [0.15, 0.2) is 12.1 Å². The Hall–Kier alpha value is -1.35. The number of carbonyl (C=O) groups is 1. The van der Waals surface area contributed by atoms with Crippen molar-refractivity contribution in [1.29, 1.82) is 0 Å². The van der Waals surface area contributed by atoms with Crippen molar-refractivity contribution in [3.8, 4) is 0 Å². The molecule has 3 heteroatoms. The van der Waals surface area contributed by atoms with Crippen molar-refractivity contribution in [1.82, 2.24) is 0 Å². The van der Waals surface area contributed by atoms with Crippen LogP contribution in [0.2, 0.25) is 0 Å². The molecule has 0 radical (unpaired) electrons. The van der Waals surface area contributed by atoms with Crippen molar-refractivity contribution < 1.29 is 14.6 Å². The zero-order chi connectivity index (χ0) is 11.4. The maximum Gasteiger partial charge on any atom is 0.309 e. The minimum absolute atomic E-state index is 0.0379. The standard InChI is InChI=1S/C12H16O3/c1-8-4-10(6-12(14)15-3)5-9(2)11(8)7-13/h4-5,13H,6-7H2,1-3H3. The molecule has 1 N–H and O–H groups in total. The summed E-state index contributed by atoms with van der Waals surface area (Å²) in [4.78, 5) is 11.1. The Morgan fingerprint density at radius 3 is 2.27 bits per heavy atom. The Bertz CT molecular complexity index is 346. The summed E-state index contributed by atoms with van der Waals surface area (Å²) in [6, 6.07) is 3.82. The number of aliphatic hydroxyl groups is 1. The molecular weight excluding hydrogens is 192 g/mol. The third kappa shape index (κ3) is 2.80. The molecule has 0 aromatic heterocycles. The van der Waals surface area contributed by atoms with Gasteiger partial charge < -0.3 is 9.84 Å². The van der Waals surface area contributed by atoms with E-state index in [2.05, 4.69) is 4.74 Å². The molecule has 0 amide bonds. The van der Waals surface area contributed by atoms with Gasteiger partial charge in [-0.1, -0.05) is 12.1 Å². The molecule has 0 atom stereocenters. The van der Waals surface area contributed by atoms with Crippen LogP contribution in [-0.2, 0) is 22.6 Å². The van der Waals surface area contributed by atoms with Crippen LogP contribution in [0.25, 0.3) is 0 Å². The molecule has 3 nitrogen and oxygen atoms in total. The number of methoxy groups -OCH3 is 1. The molecule has 0 aliphatic heterocycles. The fourth-order valence-electron chi connectivity index (χ4n) is 1.67. The summed E-state index contributed by atoms with van der Waals surface area (Å²) in [5.41, 5.74) is 3.88. The highest BCUT2D eigenvalue weighted by Gasteiger charge is 2.07. The first kappa shape index (κ1) is 11.7. The number of aliphatic hydroxyl groups excluding tert-OH is 1. The maximum absolute atomic E-state index is 11.1. The minimum atomic E-state index is -0.245. The van der Waals surface area contributed by atoms with Crippen molar-refractivity contribution in [2.24, 2.45) is 0 Å². The summed E-state index contributed by atoms with van der Waals surface area (Å²) < 4.78 is 4.60. The first-order chi connectivity index (χ1) is 7.08. The Morgan fingerprint density at radius 1 is 1.33 bits per heavy atom. The van der Waals surface area contributed by atoms with E-state index in [1.54, 1.807) is 0 Å². The average molecular weight is 208 g/mol. The van der Waals surface area contributed by atoms with E-state index in [-0.39, 0.29) is 19.0 Å². The van der Waals surface area contributed by atoms with Gasteiger partial charge in [0.05, 0.1) is 20.1 Å². The van der Waals surface area contributed by atoms with E-state index in [1.165, 1.54) is 7.11 Å². The summed E-state index contributed by atoms with van der Waals surface area (Å²) in [5.74, 6) is -0.245. The number of rotatable bonds is 3. The van der Waals surface area contributed by atoms with Crippen LogP contribution in [0, 0.1) is 13.8 Å². The molecule has 0 heterocycles. The van der Waals surface area contributed by atoms with E-state index >= 15 is 0 Å². The van der Waals surface area contributed by atoms with Gasteiger partial charge in [-0.15, -0.1) is 0 Å². The molecule has 0 bridgehead atoms. The molecule has 82 valence electrons. The van der Waals surface area contributed by atoms with Gasteiger partial charge in [0.15, 0.2) is 0 Å². The Kier molecular flexibility index (Phi) is 3.86. The molecule has 0 aliphatic carbocycles. The number of ether oxygens (including phenoxy) is 1. The molecule has 1 aromatic carbocycles. The summed E-state index contributed by atoms with van der Waals surface area (Å²) >= 11 is 0. The summed E-state index contributed by atoms with van der Waals surface area (Å²) in [6.07, 6.45) is 0.282. The molecule has 0 fully saturated rings. The second-order valence-electron chi connectivity index (χ2n) is 3.62. The van der Waals surface area contributed by atoms with E-state index in [1.807, 2.05) is 26.0 Å². The second kappa shape index (κ2) is 4.94. The van der Waals surface area contributed by atoms with Crippen molar-refractivity contribution in [2.45, 2.75) is 26.9 Å². The third-order valence-corrected chi connectivity index (χ3v) is 2.49. The van der Waals surface area contributed by atoms with Gasteiger partial charge in [-0.05, 0) is 36.1 Å². The molecule has 0 aliphatic rings. The number of esters is 1. The number of benzene rings is 1. The van der Waals surface area contributed by atoms with Crippen LogP contribution in [0.4, 0.5) is 0 Å². The van der Waals surface area contributed by atoms with Crippen LogP contribution in [0.5, 0.6) is 0 Å². The lowest BCUT2D eigenvalue weighted by molar-refractivity contribution is -0.139. The summed E-state index contributed by atoms with van der Waals surface area (Å²) in [6.45, 7) is 3.90. The molecule has 15 heavy (non-hydrogen) atoms. The number of hydrogen-bond acceptors (Lipinski definition) is 3. The van der Waals surface area contributed by atoms with Crippen molar-refractivity contribution in [2.75, 3.05) is 7.11 Å². The van der Waals surface area contributed by atoms with E-state index in [0.29, 0.717) is 0 Å². The molecular formula is C12H16O3. The van der Waals surface area contributed by atoms with Gasteiger partial charge in [-0.3, -0.25) is 4.79 Å². The molecule has 0 saturated carbocycles. The van der Waals surface area contributed by atoms with Crippen LogP contribution in [0.1, 0.15) is 22.3 Å². The topological polar surface area (TPSA) is 46.5 Å². The lowest BCUT2D eigenvalue weighted by atomic mass is 9.98. The summed E-state index contributed by atoms with van der Waals surface area (Å²) in [7, 11) is 1.38. The lowest BCUT2D eigenvalue weighted by Gasteiger charge is -2.09. The molecule has 1 rings (SSSR count). The van der Waals surface area contributed by atoms with Crippen molar-refractivity contribution in [3.63, 3.8) is 0 Å². The van der Waals surface area contributed by atoms with Gasteiger partial charge in [0.2, 0.25) is 0 Å². The lowest BCUT2D eigenvalue weighted by Crippen LogP contribution is -2.06. The molecule has 0 saturated heterocycles. The Balaban J connectivity index is 2.98. The van der Waals surface area contributed by atoms with E-state index in [4.69, 9.17) is 5.11 Å². The zero-order valence-corrected chi connectivity index (χ0v) is 9.33. The fourth-order valence-corrected chi connectivity index (χ4v) is 1.67. The van der Waals surface area contributed by atoms with Gasteiger partial charge in [-0.25, -0.2) is 0 Å². The molecule has 0 unspecified atom stereocenters. The normalized spacial score (nSPS) is 10.1. The van der Waals surface area contributed by atoms with Gasteiger partial charge in [-0.2, -0.15) is 0 Å². The first-order valence-corrected chi connectivity index (χ1v) is 4.85. The fraction of sp³-hybridized carbons (Fsp3) is 0.417. The Morgan fingerprint density at radius 2 is 1.87 bits per heavy atom. The van der Waals surface area contributed by atoms with E-state index in [9.17, 15) is 4.79 Å². The average Bonchev–Trinajstić information content (AvgIpc) is 2.17. The van der Waals surface area contributed by atoms with Crippen molar-refractivity contribution >= 4 is 5.97 Å². The predicted molar refractivity (Wildman–Crippen MR) is 57.6 cm³/mol. The highest BCUT2D eigenvalue weighted by Crippen LogP contribution is 2.17. The largest absolute Gasteiger partial charge is 0.469 e. The zero-order valence-electron chi connectivity index (χ0n) is 9.33. The van der Waals surface area contributed by atoms with Gasteiger partial charge >= 0.3 is 5.97 Å².